The Bertz CT molecular complexity index is 521. The SMILES string of the molecule is CCCN(c1nc2ccccc2[nH]1)C1CCC(N)CC1. The molecule has 0 aliphatic heterocycles. The van der Waals surface area contributed by atoms with E-state index in [4.69, 9.17) is 10.7 Å². The van der Waals surface area contributed by atoms with Gasteiger partial charge in [-0.2, -0.15) is 0 Å². The van der Waals surface area contributed by atoms with Gasteiger partial charge in [-0.3, -0.25) is 0 Å². The van der Waals surface area contributed by atoms with Gasteiger partial charge < -0.3 is 15.6 Å². The molecule has 1 saturated carbocycles. The van der Waals surface area contributed by atoms with Gasteiger partial charge in [0.05, 0.1) is 11.0 Å². The topological polar surface area (TPSA) is 57.9 Å². The van der Waals surface area contributed by atoms with Crippen LogP contribution in [-0.2, 0) is 0 Å². The van der Waals surface area contributed by atoms with Crippen LogP contribution in [0, 0.1) is 0 Å². The Morgan fingerprint density at radius 2 is 2.00 bits per heavy atom. The van der Waals surface area contributed by atoms with Crippen LogP contribution in [-0.4, -0.2) is 28.6 Å². The Labute approximate surface area is 120 Å². The Hall–Kier alpha value is -1.55. The number of nitrogens with two attached hydrogens (primary N) is 1. The largest absolute Gasteiger partial charge is 0.339 e. The molecular weight excluding hydrogens is 248 g/mol. The average molecular weight is 272 g/mol. The first kappa shape index (κ1) is 13.4. The standard InChI is InChI=1S/C16H24N4/c1-2-11-20(13-9-7-12(17)8-10-13)16-18-14-5-3-4-6-15(14)19-16/h3-6,12-13H,2,7-11,17H2,1H3,(H,18,19). The van der Waals surface area contributed by atoms with Crippen LogP contribution in [0.1, 0.15) is 39.0 Å². The van der Waals surface area contributed by atoms with Crippen LogP contribution in [0.3, 0.4) is 0 Å². The maximum absolute atomic E-state index is 6.03. The minimum atomic E-state index is 0.394. The third-order valence-corrected chi connectivity index (χ3v) is 4.30. The second-order valence-electron chi connectivity index (χ2n) is 5.84. The summed E-state index contributed by atoms with van der Waals surface area (Å²) in [6, 6.07) is 9.22. The number of aromatic amines is 1. The lowest BCUT2D eigenvalue weighted by atomic mass is 9.91. The van der Waals surface area contributed by atoms with Crippen LogP contribution >= 0.6 is 0 Å². The van der Waals surface area contributed by atoms with Crippen molar-refractivity contribution in [1.82, 2.24) is 9.97 Å². The number of anilines is 1. The molecule has 0 radical (unpaired) electrons. The minimum absolute atomic E-state index is 0.394. The van der Waals surface area contributed by atoms with Crippen molar-refractivity contribution in [3.63, 3.8) is 0 Å². The van der Waals surface area contributed by atoms with Crippen molar-refractivity contribution in [3.05, 3.63) is 24.3 Å². The normalized spacial score (nSPS) is 23.1. The summed E-state index contributed by atoms with van der Waals surface area (Å²) in [7, 11) is 0. The van der Waals surface area contributed by atoms with Crippen molar-refractivity contribution in [2.45, 2.75) is 51.1 Å². The zero-order valence-corrected chi connectivity index (χ0v) is 12.2. The Morgan fingerprint density at radius 1 is 1.25 bits per heavy atom. The fraction of sp³-hybridized carbons (Fsp3) is 0.562. The molecule has 108 valence electrons. The smallest absolute Gasteiger partial charge is 0.204 e. The minimum Gasteiger partial charge on any atom is -0.339 e. The number of imidazole rings is 1. The van der Waals surface area contributed by atoms with Crippen molar-refractivity contribution in [1.29, 1.82) is 0 Å². The van der Waals surface area contributed by atoms with Crippen molar-refractivity contribution < 1.29 is 0 Å². The number of H-pyrrole nitrogens is 1. The first-order valence-electron chi connectivity index (χ1n) is 7.75. The summed E-state index contributed by atoms with van der Waals surface area (Å²) in [5.41, 5.74) is 8.20. The number of hydrogen-bond donors (Lipinski definition) is 2. The molecule has 3 N–H and O–H groups in total. The summed E-state index contributed by atoms with van der Waals surface area (Å²) in [4.78, 5) is 10.7. The van der Waals surface area contributed by atoms with E-state index in [9.17, 15) is 0 Å². The summed E-state index contributed by atoms with van der Waals surface area (Å²) in [6.45, 7) is 3.28. The van der Waals surface area contributed by atoms with E-state index in [1.54, 1.807) is 0 Å². The third kappa shape index (κ3) is 2.66. The van der Waals surface area contributed by atoms with Crippen molar-refractivity contribution in [3.8, 4) is 0 Å². The van der Waals surface area contributed by atoms with E-state index < -0.39 is 0 Å². The molecule has 2 aromatic rings. The average Bonchev–Trinajstić information content (AvgIpc) is 2.89. The Morgan fingerprint density at radius 3 is 2.70 bits per heavy atom. The summed E-state index contributed by atoms with van der Waals surface area (Å²) in [5.74, 6) is 1.02. The van der Waals surface area contributed by atoms with Gasteiger partial charge in [0.2, 0.25) is 5.95 Å². The van der Waals surface area contributed by atoms with Gasteiger partial charge in [-0.05, 0) is 44.2 Å². The molecule has 1 aliphatic rings. The number of aromatic nitrogens is 2. The van der Waals surface area contributed by atoms with Gasteiger partial charge in [-0.25, -0.2) is 4.98 Å². The van der Waals surface area contributed by atoms with Gasteiger partial charge in [-0.1, -0.05) is 19.1 Å². The molecule has 20 heavy (non-hydrogen) atoms. The van der Waals surface area contributed by atoms with E-state index in [1.165, 1.54) is 12.8 Å². The van der Waals surface area contributed by atoms with Crippen LogP contribution in [0.4, 0.5) is 5.95 Å². The molecule has 4 heteroatoms. The van der Waals surface area contributed by atoms with E-state index >= 15 is 0 Å². The van der Waals surface area contributed by atoms with E-state index in [0.29, 0.717) is 12.1 Å². The first-order chi connectivity index (χ1) is 9.78. The lowest BCUT2D eigenvalue weighted by Crippen LogP contribution is -2.42. The fourth-order valence-electron chi connectivity index (χ4n) is 3.19. The second-order valence-corrected chi connectivity index (χ2v) is 5.84. The van der Waals surface area contributed by atoms with Crippen LogP contribution < -0.4 is 10.6 Å². The number of hydrogen-bond acceptors (Lipinski definition) is 3. The number of nitrogens with zero attached hydrogens (tertiary/aromatic N) is 2. The van der Waals surface area contributed by atoms with Gasteiger partial charge in [-0.15, -0.1) is 0 Å². The second kappa shape index (κ2) is 5.83. The molecule has 0 saturated heterocycles. The number of benzene rings is 1. The summed E-state index contributed by atoms with van der Waals surface area (Å²) >= 11 is 0. The lowest BCUT2D eigenvalue weighted by molar-refractivity contribution is 0.373. The molecule has 1 heterocycles. The number of fused-ring (bicyclic) bond motifs is 1. The van der Waals surface area contributed by atoms with E-state index in [1.807, 2.05) is 12.1 Å². The van der Waals surface area contributed by atoms with Gasteiger partial charge >= 0.3 is 0 Å². The molecular formula is C16H24N4. The monoisotopic (exact) mass is 272 g/mol. The number of para-hydroxylation sites is 2. The third-order valence-electron chi connectivity index (χ3n) is 4.30. The van der Waals surface area contributed by atoms with Crippen molar-refractivity contribution >= 4 is 17.0 Å². The van der Waals surface area contributed by atoms with Crippen molar-refractivity contribution in [2.75, 3.05) is 11.4 Å². The first-order valence-corrected chi connectivity index (χ1v) is 7.75. The molecule has 1 aromatic heterocycles. The molecule has 0 amide bonds. The molecule has 0 bridgehead atoms. The van der Waals surface area contributed by atoms with Crippen molar-refractivity contribution in [2.24, 2.45) is 5.73 Å². The predicted molar refractivity (Wildman–Crippen MR) is 84.0 cm³/mol. The van der Waals surface area contributed by atoms with E-state index in [0.717, 1.165) is 42.8 Å². The highest BCUT2D eigenvalue weighted by Gasteiger charge is 2.25. The summed E-state index contributed by atoms with van der Waals surface area (Å²) in [5, 5.41) is 0. The van der Waals surface area contributed by atoms with Gasteiger partial charge in [0.15, 0.2) is 0 Å². The van der Waals surface area contributed by atoms with Crippen LogP contribution in [0.25, 0.3) is 11.0 Å². The van der Waals surface area contributed by atoms with Gasteiger partial charge in [0.1, 0.15) is 0 Å². The number of rotatable bonds is 4. The lowest BCUT2D eigenvalue weighted by Gasteiger charge is -2.35. The zero-order valence-electron chi connectivity index (χ0n) is 12.2. The fourth-order valence-corrected chi connectivity index (χ4v) is 3.19. The number of nitrogens with one attached hydrogen (secondary N) is 1. The van der Waals surface area contributed by atoms with E-state index in [2.05, 4.69) is 28.9 Å². The quantitative estimate of drug-likeness (QED) is 0.899. The maximum Gasteiger partial charge on any atom is 0.204 e. The van der Waals surface area contributed by atoms with Crippen LogP contribution in [0.2, 0.25) is 0 Å². The Balaban J connectivity index is 1.85. The van der Waals surface area contributed by atoms with Crippen LogP contribution in [0.15, 0.2) is 24.3 Å². The summed E-state index contributed by atoms with van der Waals surface area (Å²) < 4.78 is 0. The molecule has 0 spiro atoms. The molecule has 4 nitrogen and oxygen atoms in total. The van der Waals surface area contributed by atoms with Gasteiger partial charge in [0.25, 0.3) is 0 Å². The molecule has 1 fully saturated rings. The maximum atomic E-state index is 6.03. The molecule has 0 atom stereocenters. The molecule has 3 rings (SSSR count). The highest BCUT2D eigenvalue weighted by Crippen LogP contribution is 2.27. The van der Waals surface area contributed by atoms with Crippen LogP contribution in [0.5, 0.6) is 0 Å². The zero-order chi connectivity index (χ0) is 13.9. The molecule has 1 aliphatic carbocycles. The highest BCUT2D eigenvalue weighted by atomic mass is 15.3. The molecule has 1 aromatic carbocycles. The highest BCUT2D eigenvalue weighted by molar-refractivity contribution is 5.77. The van der Waals surface area contributed by atoms with E-state index in [-0.39, 0.29) is 0 Å². The molecule has 0 unspecified atom stereocenters. The van der Waals surface area contributed by atoms with Gasteiger partial charge in [0, 0.05) is 18.6 Å². The summed E-state index contributed by atoms with van der Waals surface area (Å²) in [6.07, 6.45) is 5.76. The Kier molecular flexibility index (Phi) is 3.92. The predicted octanol–water partition coefficient (Wildman–Crippen LogP) is 3.05.